The van der Waals surface area contributed by atoms with E-state index in [9.17, 15) is 4.79 Å². The van der Waals surface area contributed by atoms with E-state index in [0.717, 1.165) is 24.0 Å². The zero-order valence-corrected chi connectivity index (χ0v) is 11.8. The largest absolute Gasteiger partial charge is 0.341 e. The van der Waals surface area contributed by atoms with Crippen molar-refractivity contribution in [3.8, 4) is 11.8 Å². The number of nitrogens with zero attached hydrogens (tertiary/aromatic N) is 1. The van der Waals surface area contributed by atoms with E-state index in [-0.39, 0.29) is 5.91 Å². The summed E-state index contributed by atoms with van der Waals surface area (Å²) in [5.41, 5.74) is 7.41. The lowest BCUT2D eigenvalue weighted by Gasteiger charge is -2.18. The minimum absolute atomic E-state index is 0.184. The molecule has 19 heavy (non-hydrogen) atoms. The van der Waals surface area contributed by atoms with E-state index >= 15 is 0 Å². The molecular formula is C16H22N2O. The predicted molar refractivity (Wildman–Crippen MR) is 78.4 cm³/mol. The topological polar surface area (TPSA) is 46.3 Å². The molecule has 3 nitrogen and oxygen atoms in total. The van der Waals surface area contributed by atoms with Crippen LogP contribution in [0.4, 0.5) is 0 Å². The first-order valence-corrected chi connectivity index (χ1v) is 6.69. The summed E-state index contributed by atoms with van der Waals surface area (Å²) >= 11 is 0. The molecule has 2 N–H and O–H groups in total. The number of nitrogens with two attached hydrogens (primary N) is 1. The first-order valence-electron chi connectivity index (χ1n) is 6.69. The van der Waals surface area contributed by atoms with Crippen LogP contribution < -0.4 is 5.73 Å². The van der Waals surface area contributed by atoms with Crippen LogP contribution in [0.15, 0.2) is 24.3 Å². The van der Waals surface area contributed by atoms with E-state index < -0.39 is 0 Å². The fourth-order valence-electron chi connectivity index (χ4n) is 1.79. The van der Waals surface area contributed by atoms with Gasteiger partial charge < -0.3 is 10.6 Å². The van der Waals surface area contributed by atoms with E-state index in [1.165, 1.54) is 0 Å². The molecule has 0 saturated heterocycles. The molecule has 0 aliphatic rings. The fraction of sp³-hybridized carbons (Fsp3) is 0.438. The summed E-state index contributed by atoms with van der Waals surface area (Å²) in [5.74, 6) is 6.09. The number of carbonyl (C=O) groups excluding carboxylic acids is 1. The summed E-state index contributed by atoms with van der Waals surface area (Å²) in [7, 11) is 1.84. The zero-order chi connectivity index (χ0) is 14.1. The summed E-state index contributed by atoms with van der Waals surface area (Å²) in [6.07, 6.45) is 2.60. The van der Waals surface area contributed by atoms with Gasteiger partial charge in [-0.15, -0.1) is 0 Å². The highest BCUT2D eigenvalue weighted by Crippen LogP contribution is 2.11. The summed E-state index contributed by atoms with van der Waals surface area (Å²) in [6.45, 7) is 3.03. The second-order valence-corrected chi connectivity index (χ2v) is 4.52. The molecule has 0 aliphatic heterocycles. The van der Waals surface area contributed by atoms with Crippen molar-refractivity contribution < 1.29 is 4.79 Å². The number of unbranched alkanes of at least 4 members (excludes halogenated alkanes) is 1. The predicted octanol–water partition coefficient (Wildman–Crippen LogP) is 2.15. The number of hydrogen-bond acceptors (Lipinski definition) is 2. The molecule has 102 valence electrons. The molecule has 1 rings (SSSR count). The lowest BCUT2D eigenvalue weighted by Crippen LogP contribution is -2.26. The molecule has 3 heteroatoms. The van der Waals surface area contributed by atoms with E-state index in [2.05, 4.69) is 18.8 Å². The second kappa shape index (κ2) is 8.34. The molecule has 0 fully saturated rings. The third-order valence-corrected chi connectivity index (χ3v) is 2.92. The average Bonchev–Trinajstić information content (AvgIpc) is 2.43. The molecule has 1 aromatic rings. The van der Waals surface area contributed by atoms with E-state index in [4.69, 9.17) is 5.73 Å². The third-order valence-electron chi connectivity index (χ3n) is 2.92. The maximum Gasteiger partial charge on any atom is 0.222 e. The normalized spacial score (nSPS) is 9.63. The van der Waals surface area contributed by atoms with E-state index in [1.54, 1.807) is 4.90 Å². The van der Waals surface area contributed by atoms with Gasteiger partial charge in [0.05, 0.1) is 6.54 Å². The van der Waals surface area contributed by atoms with E-state index in [0.29, 0.717) is 19.5 Å². The molecule has 0 radical (unpaired) electrons. The fourth-order valence-corrected chi connectivity index (χ4v) is 1.79. The van der Waals surface area contributed by atoms with Crippen LogP contribution in [0.25, 0.3) is 0 Å². The number of rotatable bonds is 5. The quantitative estimate of drug-likeness (QED) is 0.823. The van der Waals surface area contributed by atoms with Gasteiger partial charge in [0.2, 0.25) is 5.91 Å². The lowest BCUT2D eigenvalue weighted by molar-refractivity contribution is -0.130. The summed E-state index contributed by atoms with van der Waals surface area (Å²) < 4.78 is 0. The van der Waals surface area contributed by atoms with Gasteiger partial charge >= 0.3 is 0 Å². The Morgan fingerprint density at radius 3 is 2.79 bits per heavy atom. The van der Waals surface area contributed by atoms with Gasteiger partial charge in [-0.05, 0) is 18.1 Å². The highest BCUT2D eigenvalue weighted by Gasteiger charge is 2.10. The Balaban J connectivity index is 2.73. The van der Waals surface area contributed by atoms with Crippen molar-refractivity contribution in [3.63, 3.8) is 0 Å². The van der Waals surface area contributed by atoms with Crippen molar-refractivity contribution in [2.24, 2.45) is 5.73 Å². The van der Waals surface area contributed by atoms with Gasteiger partial charge in [-0.1, -0.05) is 43.4 Å². The standard InChI is InChI=1S/C16H22N2O/c1-3-4-11-16(19)18(2)13-15-9-6-5-8-14(15)10-7-12-17/h5-6,8-9H,3-4,11-13,17H2,1-2H3. The minimum atomic E-state index is 0.184. The lowest BCUT2D eigenvalue weighted by atomic mass is 10.1. The Bertz CT molecular complexity index is 471. The maximum absolute atomic E-state index is 11.9. The van der Waals surface area contributed by atoms with Gasteiger partial charge in [-0.25, -0.2) is 0 Å². The van der Waals surface area contributed by atoms with Gasteiger partial charge in [0.1, 0.15) is 0 Å². The molecule has 0 atom stereocenters. The van der Waals surface area contributed by atoms with Crippen LogP contribution in [0.2, 0.25) is 0 Å². The number of hydrogen-bond donors (Lipinski definition) is 1. The molecular weight excluding hydrogens is 236 g/mol. The van der Waals surface area contributed by atoms with Gasteiger partial charge in [-0.2, -0.15) is 0 Å². The van der Waals surface area contributed by atoms with Crippen molar-refractivity contribution in [1.82, 2.24) is 4.90 Å². The highest BCUT2D eigenvalue weighted by molar-refractivity contribution is 5.75. The third kappa shape index (κ3) is 5.15. The minimum Gasteiger partial charge on any atom is -0.341 e. The first kappa shape index (κ1) is 15.3. The summed E-state index contributed by atoms with van der Waals surface area (Å²) in [6, 6.07) is 7.88. The Morgan fingerprint density at radius 2 is 2.11 bits per heavy atom. The Morgan fingerprint density at radius 1 is 1.37 bits per heavy atom. The first-order chi connectivity index (χ1) is 9.19. The van der Waals surface area contributed by atoms with Crippen molar-refractivity contribution in [1.29, 1.82) is 0 Å². The van der Waals surface area contributed by atoms with Crippen LogP contribution in [-0.4, -0.2) is 24.4 Å². The van der Waals surface area contributed by atoms with Crippen molar-refractivity contribution in [2.45, 2.75) is 32.7 Å². The van der Waals surface area contributed by atoms with Crippen molar-refractivity contribution in [3.05, 3.63) is 35.4 Å². The zero-order valence-electron chi connectivity index (χ0n) is 11.8. The number of carbonyl (C=O) groups is 1. The molecule has 1 aromatic carbocycles. The average molecular weight is 258 g/mol. The van der Waals surface area contributed by atoms with Gasteiger partial charge in [0.15, 0.2) is 0 Å². The van der Waals surface area contributed by atoms with Crippen LogP contribution >= 0.6 is 0 Å². The smallest absolute Gasteiger partial charge is 0.222 e. The van der Waals surface area contributed by atoms with Crippen LogP contribution in [-0.2, 0) is 11.3 Å². The number of amides is 1. The van der Waals surface area contributed by atoms with Crippen LogP contribution in [0.5, 0.6) is 0 Å². The maximum atomic E-state index is 11.9. The van der Waals surface area contributed by atoms with Crippen molar-refractivity contribution in [2.75, 3.05) is 13.6 Å². The molecule has 0 heterocycles. The summed E-state index contributed by atoms with van der Waals surface area (Å²) in [5, 5.41) is 0. The highest BCUT2D eigenvalue weighted by atomic mass is 16.2. The molecule has 1 amide bonds. The Hall–Kier alpha value is -1.79. The Labute approximate surface area is 115 Å². The van der Waals surface area contributed by atoms with Crippen LogP contribution in [0, 0.1) is 11.8 Å². The summed E-state index contributed by atoms with van der Waals surface area (Å²) in [4.78, 5) is 13.7. The van der Waals surface area contributed by atoms with Gasteiger partial charge in [0.25, 0.3) is 0 Å². The van der Waals surface area contributed by atoms with E-state index in [1.807, 2.05) is 31.3 Å². The van der Waals surface area contributed by atoms with Gasteiger partial charge in [-0.3, -0.25) is 4.79 Å². The van der Waals surface area contributed by atoms with Gasteiger partial charge in [0, 0.05) is 25.6 Å². The Kier molecular flexibility index (Phi) is 6.70. The monoisotopic (exact) mass is 258 g/mol. The number of benzene rings is 1. The van der Waals surface area contributed by atoms with Crippen LogP contribution in [0.1, 0.15) is 37.3 Å². The molecule has 0 aliphatic carbocycles. The second-order valence-electron chi connectivity index (χ2n) is 4.52. The van der Waals surface area contributed by atoms with Crippen LogP contribution in [0.3, 0.4) is 0 Å². The van der Waals surface area contributed by atoms with Crippen molar-refractivity contribution >= 4 is 5.91 Å². The molecule has 0 unspecified atom stereocenters. The molecule has 0 saturated carbocycles. The molecule has 0 spiro atoms. The SMILES string of the molecule is CCCCC(=O)N(C)Cc1ccccc1C#CCN. The molecule has 0 bridgehead atoms. The molecule has 0 aromatic heterocycles.